The average Bonchev–Trinajstić information content (AvgIpc) is 3.04. The van der Waals surface area contributed by atoms with Crippen LogP contribution in [0.4, 0.5) is 5.82 Å². The number of aromatic amines is 1. The number of nitrogens with one attached hydrogen (secondary N) is 2. The minimum absolute atomic E-state index is 0.142. The number of amides is 1. The van der Waals surface area contributed by atoms with Gasteiger partial charge in [0.15, 0.2) is 5.58 Å². The summed E-state index contributed by atoms with van der Waals surface area (Å²) in [6, 6.07) is 9.17. The molecule has 3 rings (SSSR count). The molecule has 0 spiro atoms. The molecule has 0 saturated carbocycles. The lowest BCUT2D eigenvalue weighted by Crippen LogP contribution is -2.14. The third-order valence-corrected chi connectivity index (χ3v) is 3.20. The molecule has 2 N–H and O–H groups in total. The molecule has 1 amide bonds. The Morgan fingerprint density at radius 2 is 2.26 bits per heavy atom. The van der Waals surface area contributed by atoms with E-state index in [4.69, 9.17) is 4.42 Å². The van der Waals surface area contributed by atoms with Gasteiger partial charge in [0.1, 0.15) is 11.3 Å². The van der Waals surface area contributed by atoms with E-state index in [9.17, 15) is 4.79 Å². The van der Waals surface area contributed by atoms with Crippen molar-refractivity contribution in [2.45, 2.75) is 5.22 Å². The standard InChI is InChI=1S/C12H10N4O2S/c17-11(15-10-5-6-13-16-10)7-19-12-14-8-3-1-2-4-9(8)18-12/h1-6H,7H2,(H2,13,15,16,17). The second kappa shape index (κ2) is 5.15. The van der Waals surface area contributed by atoms with Crippen LogP contribution in [0.1, 0.15) is 0 Å². The van der Waals surface area contributed by atoms with Gasteiger partial charge in [0.05, 0.1) is 11.9 Å². The highest BCUT2D eigenvalue weighted by Crippen LogP contribution is 2.23. The summed E-state index contributed by atoms with van der Waals surface area (Å²) in [7, 11) is 0. The number of oxazole rings is 1. The van der Waals surface area contributed by atoms with Crippen molar-refractivity contribution in [3.63, 3.8) is 0 Å². The first-order valence-electron chi connectivity index (χ1n) is 5.59. The monoisotopic (exact) mass is 274 g/mol. The molecule has 0 atom stereocenters. The maximum atomic E-state index is 11.6. The molecular weight excluding hydrogens is 264 g/mol. The highest BCUT2D eigenvalue weighted by Gasteiger charge is 2.09. The molecule has 0 saturated heterocycles. The number of nitrogens with zero attached hydrogens (tertiary/aromatic N) is 2. The van der Waals surface area contributed by atoms with Gasteiger partial charge in [-0.2, -0.15) is 5.10 Å². The quantitative estimate of drug-likeness (QED) is 0.713. The van der Waals surface area contributed by atoms with E-state index in [1.165, 1.54) is 11.8 Å². The molecule has 6 nitrogen and oxygen atoms in total. The van der Waals surface area contributed by atoms with Gasteiger partial charge in [0, 0.05) is 6.07 Å². The van der Waals surface area contributed by atoms with Crippen LogP contribution in [0.2, 0.25) is 0 Å². The van der Waals surface area contributed by atoms with E-state index in [0.29, 0.717) is 11.0 Å². The van der Waals surface area contributed by atoms with E-state index in [2.05, 4.69) is 20.5 Å². The first-order valence-corrected chi connectivity index (χ1v) is 6.57. The maximum absolute atomic E-state index is 11.6. The van der Waals surface area contributed by atoms with Gasteiger partial charge in [-0.15, -0.1) is 0 Å². The Morgan fingerprint density at radius 1 is 1.37 bits per heavy atom. The molecule has 2 aromatic heterocycles. The topological polar surface area (TPSA) is 83.8 Å². The number of hydrogen-bond acceptors (Lipinski definition) is 5. The lowest BCUT2D eigenvalue weighted by molar-refractivity contribution is -0.113. The molecule has 0 aliphatic carbocycles. The highest BCUT2D eigenvalue weighted by atomic mass is 32.2. The lowest BCUT2D eigenvalue weighted by Gasteiger charge is -1.99. The summed E-state index contributed by atoms with van der Waals surface area (Å²) in [5, 5.41) is 9.57. The van der Waals surface area contributed by atoms with Crippen molar-refractivity contribution in [3.05, 3.63) is 36.5 Å². The Bertz CT molecular complexity index is 660. The zero-order valence-electron chi connectivity index (χ0n) is 9.79. The molecule has 2 heterocycles. The van der Waals surface area contributed by atoms with Crippen molar-refractivity contribution >= 4 is 34.6 Å². The van der Waals surface area contributed by atoms with Crippen molar-refractivity contribution in [2.75, 3.05) is 11.1 Å². The third kappa shape index (κ3) is 2.76. The van der Waals surface area contributed by atoms with Crippen LogP contribution < -0.4 is 5.32 Å². The molecule has 0 unspecified atom stereocenters. The average molecular weight is 274 g/mol. The Kier molecular flexibility index (Phi) is 3.20. The summed E-state index contributed by atoms with van der Waals surface area (Å²) in [6.07, 6.45) is 1.57. The molecule has 96 valence electrons. The van der Waals surface area contributed by atoms with Crippen LogP contribution in [0, 0.1) is 0 Å². The largest absolute Gasteiger partial charge is 0.431 e. The SMILES string of the molecule is O=C(CSc1nc2ccccc2o1)Nc1ccn[nH]1. The number of para-hydroxylation sites is 2. The van der Waals surface area contributed by atoms with E-state index in [-0.39, 0.29) is 11.7 Å². The number of hydrogen-bond donors (Lipinski definition) is 2. The van der Waals surface area contributed by atoms with Crippen LogP contribution in [0.25, 0.3) is 11.1 Å². The Morgan fingerprint density at radius 3 is 3.05 bits per heavy atom. The van der Waals surface area contributed by atoms with Crippen molar-refractivity contribution < 1.29 is 9.21 Å². The van der Waals surface area contributed by atoms with E-state index >= 15 is 0 Å². The number of anilines is 1. The molecule has 0 bridgehead atoms. The number of rotatable bonds is 4. The molecule has 1 aromatic carbocycles. The minimum atomic E-state index is -0.142. The zero-order valence-corrected chi connectivity index (χ0v) is 10.6. The molecular formula is C12H10N4O2S. The van der Waals surface area contributed by atoms with Gasteiger partial charge in [0.2, 0.25) is 5.91 Å². The fraction of sp³-hybridized carbons (Fsp3) is 0.0833. The fourth-order valence-corrected chi connectivity index (χ4v) is 2.19. The minimum Gasteiger partial charge on any atom is -0.431 e. The number of aromatic nitrogens is 3. The second-order valence-electron chi connectivity index (χ2n) is 3.75. The van der Waals surface area contributed by atoms with Gasteiger partial charge in [-0.25, -0.2) is 4.98 Å². The number of fused-ring (bicyclic) bond motifs is 1. The summed E-state index contributed by atoms with van der Waals surface area (Å²) < 4.78 is 5.51. The summed E-state index contributed by atoms with van der Waals surface area (Å²) in [6.45, 7) is 0. The zero-order chi connectivity index (χ0) is 13.1. The number of carbonyl (C=O) groups excluding carboxylic acids is 1. The van der Waals surface area contributed by atoms with Crippen molar-refractivity contribution in [3.8, 4) is 0 Å². The molecule has 19 heavy (non-hydrogen) atoms. The predicted octanol–water partition coefficient (Wildman–Crippen LogP) is 2.28. The summed E-state index contributed by atoms with van der Waals surface area (Å²) >= 11 is 1.25. The van der Waals surface area contributed by atoms with Crippen LogP contribution in [-0.2, 0) is 4.79 Å². The van der Waals surface area contributed by atoms with Gasteiger partial charge in [-0.05, 0) is 12.1 Å². The number of benzene rings is 1. The molecule has 0 radical (unpaired) electrons. The lowest BCUT2D eigenvalue weighted by atomic mass is 10.3. The van der Waals surface area contributed by atoms with Gasteiger partial charge in [0.25, 0.3) is 5.22 Å². The smallest absolute Gasteiger partial charge is 0.257 e. The van der Waals surface area contributed by atoms with Crippen LogP contribution in [0.3, 0.4) is 0 Å². The normalized spacial score (nSPS) is 10.7. The van der Waals surface area contributed by atoms with Gasteiger partial charge in [-0.3, -0.25) is 9.89 Å². The fourth-order valence-electron chi connectivity index (χ4n) is 1.55. The first-order chi connectivity index (χ1) is 9.31. The molecule has 7 heteroatoms. The van der Waals surface area contributed by atoms with Crippen molar-refractivity contribution in [1.82, 2.24) is 15.2 Å². The van der Waals surface area contributed by atoms with Crippen LogP contribution in [-0.4, -0.2) is 26.8 Å². The molecule has 0 aliphatic rings. The van der Waals surface area contributed by atoms with Crippen molar-refractivity contribution in [2.24, 2.45) is 0 Å². The number of H-pyrrole nitrogens is 1. The number of carbonyl (C=O) groups is 1. The van der Waals surface area contributed by atoms with Crippen LogP contribution in [0.15, 0.2) is 46.2 Å². The summed E-state index contributed by atoms with van der Waals surface area (Å²) in [5.74, 6) is 0.658. The Labute approximate surface area is 112 Å². The predicted molar refractivity (Wildman–Crippen MR) is 72.0 cm³/mol. The number of thioether (sulfide) groups is 1. The third-order valence-electron chi connectivity index (χ3n) is 2.38. The molecule has 0 aliphatic heterocycles. The maximum Gasteiger partial charge on any atom is 0.257 e. The van der Waals surface area contributed by atoms with Gasteiger partial charge in [-0.1, -0.05) is 23.9 Å². The summed E-state index contributed by atoms with van der Waals surface area (Å²) in [5.41, 5.74) is 1.51. The highest BCUT2D eigenvalue weighted by molar-refractivity contribution is 7.99. The van der Waals surface area contributed by atoms with E-state index in [0.717, 1.165) is 11.1 Å². The van der Waals surface area contributed by atoms with E-state index in [1.807, 2.05) is 24.3 Å². The van der Waals surface area contributed by atoms with E-state index in [1.54, 1.807) is 12.3 Å². The second-order valence-corrected chi connectivity index (χ2v) is 4.68. The first kappa shape index (κ1) is 11.8. The molecule has 0 fully saturated rings. The Hall–Kier alpha value is -2.28. The van der Waals surface area contributed by atoms with Gasteiger partial charge >= 0.3 is 0 Å². The van der Waals surface area contributed by atoms with Crippen LogP contribution >= 0.6 is 11.8 Å². The summed E-state index contributed by atoms with van der Waals surface area (Å²) in [4.78, 5) is 15.9. The van der Waals surface area contributed by atoms with Gasteiger partial charge < -0.3 is 9.73 Å². The van der Waals surface area contributed by atoms with Crippen LogP contribution in [0.5, 0.6) is 0 Å². The Balaban J connectivity index is 1.61. The van der Waals surface area contributed by atoms with E-state index < -0.39 is 0 Å². The van der Waals surface area contributed by atoms with Crippen molar-refractivity contribution in [1.29, 1.82) is 0 Å². The molecule has 3 aromatic rings.